The van der Waals surface area contributed by atoms with Crippen LogP contribution in [0.5, 0.6) is 0 Å². The summed E-state index contributed by atoms with van der Waals surface area (Å²) in [5.74, 6) is -4.27. The highest BCUT2D eigenvalue weighted by molar-refractivity contribution is 7.91. The number of benzene rings is 2. The van der Waals surface area contributed by atoms with Crippen LogP contribution in [0.2, 0.25) is 0 Å². The molecule has 2 spiro atoms. The molecule has 0 bridgehead atoms. The number of carbonyl (C=O) groups excluding carboxylic acids is 4. The fourth-order valence-electron chi connectivity index (χ4n) is 10.4. The Hall–Kier alpha value is -6.93. The first-order valence-electron chi connectivity index (χ1n) is 24.3. The smallest absolute Gasteiger partial charge is 0.414 e. The van der Waals surface area contributed by atoms with Crippen molar-refractivity contribution in [1.29, 1.82) is 0 Å². The molecule has 1 saturated carbocycles. The van der Waals surface area contributed by atoms with E-state index >= 15 is 8.78 Å². The molecule has 6 heterocycles. The summed E-state index contributed by atoms with van der Waals surface area (Å²) in [6.07, 6.45) is 2.30. The fraction of sp³-hybridized carbons (Fsp3) is 0.462. The highest BCUT2D eigenvalue weighted by atomic mass is 32.2. The number of Topliss-reactive ketones (excluding diaryl/α,β-unsaturated/α-hetero) is 2. The average molecular weight is 1130 g/mol. The lowest BCUT2D eigenvalue weighted by Gasteiger charge is -2.49. The summed E-state index contributed by atoms with van der Waals surface area (Å²) in [5, 5.41) is 5.46. The van der Waals surface area contributed by atoms with Gasteiger partial charge in [-0.25, -0.2) is 57.8 Å². The van der Waals surface area contributed by atoms with E-state index in [1.165, 1.54) is 69.2 Å². The Morgan fingerprint density at radius 2 is 1.26 bits per heavy atom. The highest BCUT2D eigenvalue weighted by Gasteiger charge is 2.68. The minimum Gasteiger partial charge on any atom is -0.444 e. The van der Waals surface area contributed by atoms with Crippen LogP contribution in [0.1, 0.15) is 111 Å². The molecule has 0 radical (unpaired) electrons. The average Bonchev–Trinajstić information content (AvgIpc) is 3.40. The molecule has 4 N–H and O–H groups in total. The summed E-state index contributed by atoms with van der Waals surface area (Å²) in [4.78, 5) is 69.2. The predicted octanol–water partition coefficient (Wildman–Crippen LogP) is 5.65. The Morgan fingerprint density at radius 1 is 0.756 bits per heavy atom. The number of likely N-dealkylation sites (tertiary alicyclic amines) is 1. The topological polar surface area (TPSA) is 256 Å². The first kappa shape index (κ1) is 60.3. The molecular formula is C52H63F5N10O9S2. The van der Waals surface area contributed by atoms with Crippen molar-refractivity contribution < 1.29 is 63.0 Å². The third-order valence-corrected chi connectivity index (χ3v) is 20.1. The lowest BCUT2D eigenvalue weighted by molar-refractivity contribution is -0.131. The second kappa shape index (κ2) is 21.7. The maximum Gasteiger partial charge on any atom is 0.414 e. The largest absolute Gasteiger partial charge is 0.444 e. The standard InChI is InChI=1S/C26H31F2N5O5S.C25H27F2N5O4S.CH4.FH/c1-24(2,3)38-23(35)31-22-32-25(4,26(10-11-29-15-26)39(36,37)33(22)5)18-12-16(6-8-19(18)28)13-21(34)20-9-7-17(27)14-30-20;1-24(18-11-15(3-7-19(18)27)12-21(33)20-8-6-17(26)13-29-20)25(37(35,36)31(2)23(28)30-24)9-10-32(14-25)22(34)16-4-5-16;;/h6-9,12,14,29H,10-11,13,15H2,1-5H3,(H,31,32,35);3,6-8,11,13,16H,4-5,9-10,12,14H2,1-2H3,(H2,28,30);1H4;1H/t25-,26?;24-,25?;;/m11../s1. The number of nitrogens with one attached hydrogen (secondary N) is 2. The Bertz CT molecular complexity index is 3300. The summed E-state index contributed by atoms with van der Waals surface area (Å²) in [7, 11) is -5.81. The lowest BCUT2D eigenvalue weighted by atomic mass is 9.77. The Balaban J connectivity index is 0.000000246. The van der Waals surface area contributed by atoms with Crippen molar-refractivity contribution >= 4 is 55.5 Å². The number of carbonyl (C=O) groups is 4. The van der Waals surface area contributed by atoms with E-state index in [1.807, 2.05) is 0 Å². The number of alkyl carbamates (subject to hydrolysis) is 1. The van der Waals surface area contributed by atoms with E-state index in [4.69, 9.17) is 10.5 Å². The van der Waals surface area contributed by atoms with Gasteiger partial charge in [0.2, 0.25) is 37.9 Å². The molecule has 2 unspecified atom stereocenters. The van der Waals surface area contributed by atoms with Crippen LogP contribution in [0.15, 0.2) is 83.0 Å². The third-order valence-electron chi connectivity index (χ3n) is 14.8. The highest BCUT2D eigenvalue weighted by Crippen LogP contribution is 2.53. The van der Waals surface area contributed by atoms with Crippen LogP contribution >= 0.6 is 0 Å². The van der Waals surface area contributed by atoms with Gasteiger partial charge in [-0.1, -0.05) is 19.6 Å². The number of pyridine rings is 2. The van der Waals surface area contributed by atoms with Crippen molar-refractivity contribution in [3.63, 3.8) is 0 Å². The summed E-state index contributed by atoms with van der Waals surface area (Å²) < 4.78 is 117. The predicted molar refractivity (Wildman–Crippen MR) is 280 cm³/mol. The molecule has 9 rings (SSSR count). The number of hydrogen-bond acceptors (Lipinski definition) is 15. The first-order chi connectivity index (χ1) is 35.5. The van der Waals surface area contributed by atoms with Gasteiger partial charge in [0.25, 0.3) is 0 Å². The van der Waals surface area contributed by atoms with Gasteiger partial charge in [-0.15, -0.1) is 0 Å². The maximum atomic E-state index is 15.6. The second-order valence-electron chi connectivity index (χ2n) is 20.9. The SMILES string of the molecule is C.CN1C(N)=N[C@](C)(c2cc(CC(=O)c3ccc(F)cn3)ccc2F)C2(CCN(C(=O)C3CC3)C2)S1(=O)=O.CN1C(NC(=O)OC(C)(C)C)=N[C@](C)(c2cc(CC(=O)c3ccc(F)cn3)ccc2F)C2(CCNC2)S1(=O)=O.F. The molecule has 78 heavy (non-hydrogen) atoms. The molecule has 2 aromatic carbocycles. The van der Waals surface area contributed by atoms with Gasteiger partial charge in [0.1, 0.15) is 60.8 Å². The first-order valence-corrected chi connectivity index (χ1v) is 27.2. The number of nitrogens with two attached hydrogens (primary N) is 1. The molecule has 26 heteroatoms. The van der Waals surface area contributed by atoms with Crippen LogP contribution in [-0.2, 0) is 53.5 Å². The lowest BCUT2D eigenvalue weighted by Crippen LogP contribution is -2.66. The van der Waals surface area contributed by atoms with Gasteiger partial charge >= 0.3 is 6.09 Å². The van der Waals surface area contributed by atoms with Gasteiger partial charge in [-0.05, 0) is 127 Å². The van der Waals surface area contributed by atoms with E-state index in [0.29, 0.717) is 17.7 Å². The van der Waals surface area contributed by atoms with Crippen molar-refractivity contribution in [2.75, 3.05) is 40.3 Å². The number of rotatable bonds is 9. The zero-order valence-electron chi connectivity index (χ0n) is 43.2. The summed E-state index contributed by atoms with van der Waals surface area (Å²) in [6.45, 7) is 8.38. The molecule has 1 aliphatic carbocycles. The minimum atomic E-state index is -4.20. The molecule has 4 aromatic rings. The number of sulfonamides is 2. The van der Waals surface area contributed by atoms with Crippen LogP contribution in [0, 0.1) is 29.2 Å². The van der Waals surface area contributed by atoms with E-state index in [0.717, 1.165) is 58.1 Å². The summed E-state index contributed by atoms with van der Waals surface area (Å²) in [6, 6.07) is 12.7. The van der Waals surface area contributed by atoms with Crippen molar-refractivity contribution in [2.45, 2.75) is 107 Å². The van der Waals surface area contributed by atoms with E-state index in [-0.39, 0.29) is 104 Å². The molecule has 5 aliphatic rings. The van der Waals surface area contributed by atoms with Crippen molar-refractivity contribution in [3.8, 4) is 0 Å². The normalized spacial score (nSPS) is 24.9. The van der Waals surface area contributed by atoms with Gasteiger partial charge in [0, 0.05) is 63.6 Å². The quantitative estimate of drug-likeness (QED) is 0.136. The Kier molecular flexibility index (Phi) is 16.8. The Labute approximate surface area is 449 Å². The number of aromatic nitrogens is 2. The summed E-state index contributed by atoms with van der Waals surface area (Å²) in [5.41, 5.74) is 2.56. The molecule has 2 amide bonds. The molecule has 2 saturated heterocycles. The number of amides is 2. The third kappa shape index (κ3) is 10.7. The van der Waals surface area contributed by atoms with Gasteiger partial charge in [-0.3, -0.25) is 34.4 Å². The molecule has 422 valence electrons. The monoisotopic (exact) mass is 1130 g/mol. The van der Waals surface area contributed by atoms with Crippen molar-refractivity contribution in [1.82, 2.24) is 34.1 Å². The number of halogens is 5. The van der Waals surface area contributed by atoms with Gasteiger partial charge in [0.05, 0.1) is 12.4 Å². The molecule has 4 aliphatic heterocycles. The fourth-order valence-corrected chi connectivity index (χ4v) is 14.7. The Morgan fingerprint density at radius 3 is 1.71 bits per heavy atom. The minimum absolute atomic E-state index is 0. The zero-order chi connectivity index (χ0) is 55.6. The number of aliphatic imine (C=N–C) groups is 2. The number of ketones is 2. The summed E-state index contributed by atoms with van der Waals surface area (Å²) >= 11 is 0. The number of nitrogens with zero attached hydrogens (tertiary/aromatic N) is 7. The van der Waals surface area contributed by atoms with E-state index in [9.17, 15) is 44.8 Å². The van der Waals surface area contributed by atoms with Crippen LogP contribution in [0.3, 0.4) is 0 Å². The molecule has 2 aromatic heterocycles. The van der Waals surface area contributed by atoms with E-state index in [2.05, 4.69) is 30.6 Å². The van der Waals surface area contributed by atoms with Gasteiger partial charge < -0.3 is 20.7 Å². The molecule has 4 atom stereocenters. The number of guanidine groups is 2. The van der Waals surface area contributed by atoms with E-state index in [1.54, 1.807) is 20.8 Å². The van der Waals surface area contributed by atoms with E-state index < -0.39 is 87.1 Å². The zero-order valence-corrected chi connectivity index (χ0v) is 44.8. The van der Waals surface area contributed by atoms with Gasteiger partial charge in [-0.2, -0.15) is 0 Å². The van der Waals surface area contributed by atoms with Crippen molar-refractivity contribution in [2.24, 2.45) is 21.6 Å². The van der Waals surface area contributed by atoms with Crippen LogP contribution < -0.4 is 16.4 Å². The molecule has 3 fully saturated rings. The maximum absolute atomic E-state index is 15.6. The molecular weight excluding hydrogens is 1070 g/mol. The molecule has 19 nitrogen and oxygen atoms in total. The number of hydrogen-bond donors (Lipinski definition) is 3. The van der Waals surface area contributed by atoms with Crippen LogP contribution in [0.4, 0.5) is 27.1 Å². The van der Waals surface area contributed by atoms with Crippen LogP contribution in [0.25, 0.3) is 0 Å². The van der Waals surface area contributed by atoms with Crippen LogP contribution in [-0.4, -0.2) is 131 Å². The van der Waals surface area contributed by atoms with Gasteiger partial charge in [0.15, 0.2) is 11.6 Å². The number of ether oxygens (including phenoxy) is 1. The van der Waals surface area contributed by atoms with Crippen molar-refractivity contribution in [3.05, 3.63) is 130 Å². The second-order valence-corrected chi connectivity index (χ2v) is 25.4.